The number of halogens is 1. The van der Waals surface area contributed by atoms with Gasteiger partial charge in [-0.15, -0.1) is 0 Å². The van der Waals surface area contributed by atoms with Gasteiger partial charge in [-0.05, 0) is 43.0 Å². The third kappa shape index (κ3) is 2.40. The Labute approximate surface area is 134 Å². The molecule has 1 fully saturated rings. The van der Waals surface area contributed by atoms with Crippen molar-refractivity contribution in [1.29, 1.82) is 0 Å². The van der Waals surface area contributed by atoms with Gasteiger partial charge in [-0.25, -0.2) is 0 Å². The Morgan fingerprint density at radius 2 is 2.00 bits per heavy atom. The van der Waals surface area contributed by atoms with Crippen LogP contribution in [0, 0.1) is 0 Å². The molecule has 2 aromatic heterocycles. The first kappa shape index (κ1) is 13.8. The molecule has 0 bridgehead atoms. The minimum Gasteiger partial charge on any atom is -0.358 e. The second-order valence-electron chi connectivity index (χ2n) is 5.67. The van der Waals surface area contributed by atoms with Crippen LogP contribution >= 0.6 is 11.6 Å². The molecule has 22 heavy (non-hydrogen) atoms. The van der Waals surface area contributed by atoms with Crippen molar-refractivity contribution in [2.75, 3.05) is 6.61 Å². The predicted molar refractivity (Wildman–Crippen MR) is 89.0 cm³/mol. The summed E-state index contributed by atoms with van der Waals surface area (Å²) in [6, 6.07) is 10.0. The number of aromatic nitrogens is 2. The van der Waals surface area contributed by atoms with Crippen LogP contribution < -0.4 is 0 Å². The molecule has 0 N–H and O–H groups in total. The van der Waals surface area contributed by atoms with E-state index in [1.54, 1.807) is 0 Å². The molecule has 0 spiro atoms. The van der Waals surface area contributed by atoms with Crippen LogP contribution in [0.2, 0.25) is 5.02 Å². The molecule has 1 aromatic carbocycles. The summed E-state index contributed by atoms with van der Waals surface area (Å²) >= 11 is 6.01. The molecule has 0 aliphatic carbocycles. The quantitative estimate of drug-likeness (QED) is 0.661. The lowest BCUT2D eigenvalue weighted by Gasteiger charge is -2.24. The van der Waals surface area contributed by atoms with Crippen LogP contribution in [0.15, 0.2) is 48.9 Å². The summed E-state index contributed by atoms with van der Waals surface area (Å²) in [6.07, 6.45) is 9.51. The molecule has 3 nitrogen and oxygen atoms in total. The summed E-state index contributed by atoms with van der Waals surface area (Å²) < 4.78 is 8.21. The smallest absolute Gasteiger partial charge is 0.133 e. The van der Waals surface area contributed by atoms with Crippen molar-refractivity contribution in [3.8, 4) is 11.1 Å². The van der Waals surface area contributed by atoms with E-state index in [1.807, 2.05) is 24.5 Å². The van der Waals surface area contributed by atoms with Gasteiger partial charge in [0.1, 0.15) is 6.23 Å². The van der Waals surface area contributed by atoms with E-state index in [1.165, 1.54) is 17.5 Å². The van der Waals surface area contributed by atoms with Crippen LogP contribution in [0.25, 0.3) is 22.0 Å². The van der Waals surface area contributed by atoms with Crippen molar-refractivity contribution < 1.29 is 4.74 Å². The Hall–Kier alpha value is -1.84. The zero-order valence-corrected chi connectivity index (χ0v) is 13.0. The van der Waals surface area contributed by atoms with Gasteiger partial charge >= 0.3 is 0 Å². The van der Waals surface area contributed by atoms with Crippen LogP contribution in [0.1, 0.15) is 25.5 Å². The molecule has 1 saturated heterocycles. The lowest BCUT2D eigenvalue weighted by atomic mass is 10.1. The molecule has 112 valence electrons. The minimum atomic E-state index is 0.125. The van der Waals surface area contributed by atoms with E-state index < -0.39 is 0 Å². The lowest BCUT2D eigenvalue weighted by molar-refractivity contribution is -0.0291. The summed E-state index contributed by atoms with van der Waals surface area (Å²) in [5.74, 6) is 0. The van der Waals surface area contributed by atoms with E-state index in [4.69, 9.17) is 16.3 Å². The Morgan fingerprint density at radius 1 is 1.14 bits per heavy atom. The molecular weight excluding hydrogens is 296 g/mol. The first-order valence-corrected chi connectivity index (χ1v) is 8.03. The zero-order valence-electron chi connectivity index (χ0n) is 12.2. The maximum absolute atomic E-state index is 6.01. The number of rotatable bonds is 2. The van der Waals surface area contributed by atoms with Crippen molar-refractivity contribution in [3.05, 3.63) is 53.9 Å². The second kappa shape index (κ2) is 5.75. The van der Waals surface area contributed by atoms with Crippen LogP contribution in [0.5, 0.6) is 0 Å². The van der Waals surface area contributed by atoms with Gasteiger partial charge in [-0.1, -0.05) is 23.7 Å². The van der Waals surface area contributed by atoms with E-state index in [-0.39, 0.29) is 6.23 Å². The van der Waals surface area contributed by atoms with Crippen LogP contribution in [-0.4, -0.2) is 16.2 Å². The Balaban J connectivity index is 1.86. The standard InChI is InChI=1S/C18H17ClN2O/c19-14-6-4-13(5-7-14)16-12-21(18-3-1-2-10-22-18)17-8-9-20-11-15(16)17/h4-9,11-12,18H,1-3,10H2. The molecule has 3 aromatic rings. The highest BCUT2D eigenvalue weighted by molar-refractivity contribution is 6.30. The highest BCUT2D eigenvalue weighted by Crippen LogP contribution is 2.35. The number of nitrogens with zero attached hydrogens (tertiary/aromatic N) is 2. The van der Waals surface area contributed by atoms with Crippen molar-refractivity contribution in [3.63, 3.8) is 0 Å². The molecule has 1 aliphatic rings. The summed E-state index contributed by atoms with van der Waals surface area (Å²) in [6.45, 7) is 0.839. The van der Waals surface area contributed by atoms with E-state index >= 15 is 0 Å². The van der Waals surface area contributed by atoms with E-state index in [2.05, 4.69) is 33.9 Å². The average Bonchev–Trinajstić information content (AvgIpc) is 2.96. The van der Waals surface area contributed by atoms with Gasteiger partial charge in [0.2, 0.25) is 0 Å². The Kier molecular flexibility index (Phi) is 3.60. The third-order valence-corrected chi connectivity index (χ3v) is 4.51. The molecule has 3 heterocycles. The Morgan fingerprint density at radius 3 is 2.77 bits per heavy atom. The van der Waals surface area contributed by atoms with Gasteiger partial charge in [0, 0.05) is 41.2 Å². The number of hydrogen-bond donors (Lipinski definition) is 0. The number of fused-ring (bicyclic) bond motifs is 1. The molecule has 0 amide bonds. The van der Waals surface area contributed by atoms with Gasteiger partial charge in [0.25, 0.3) is 0 Å². The normalized spacial score (nSPS) is 18.7. The van der Waals surface area contributed by atoms with Crippen molar-refractivity contribution in [2.24, 2.45) is 0 Å². The monoisotopic (exact) mass is 312 g/mol. The predicted octanol–water partition coefficient (Wildman–Crippen LogP) is 5.06. The van der Waals surface area contributed by atoms with E-state index in [0.29, 0.717) is 0 Å². The van der Waals surface area contributed by atoms with Crippen LogP contribution in [0.4, 0.5) is 0 Å². The molecule has 4 rings (SSSR count). The molecule has 1 unspecified atom stereocenters. The third-order valence-electron chi connectivity index (χ3n) is 4.26. The van der Waals surface area contributed by atoms with Crippen LogP contribution in [-0.2, 0) is 4.74 Å². The maximum Gasteiger partial charge on any atom is 0.133 e. The lowest BCUT2D eigenvalue weighted by Crippen LogP contribution is -2.17. The van der Waals surface area contributed by atoms with Crippen LogP contribution in [0.3, 0.4) is 0 Å². The fourth-order valence-corrected chi connectivity index (χ4v) is 3.26. The topological polar surface area (TPSA) is 27.1 Å². The number of benzene rings is 1. The maximum atomic E-state index is 6.01. The van der Waals surface area contributed by atoms with Crippen molar-refractivity contribution in [1.82, 2.24) is 9.55 Å². The largest absolute Gasteiger partial charge is 0.358 e. The van der Waals surface area contributed by atoms with Gasteiger partial charge in [-0.2, -0.15) is 0 Å². The molecular formula is C18H17ClN2O. The number of hydrogen-bond acceptors (Lipinski definition) is 2. The van der Waals surface area contributed by atoms with Gasteiger partial charge in [0.15, 0.2) is 0 Å². The SMILES string of the molecule is Clc1ccc(-c2cn(C3CCCCO3)c3ccncc23)cc1. The Bertz CT molecular complexity index is 788. The highest BCUT2D eigenvalue weighted by Gasteiger charge is 2.19. The van der Waals surface area contributed by atoms with Crippen molar-refractivity contribution in [2.45, 2.75) is 25.5 Å². The molecule has 0 radical (unpaired) electrons. The first-order chi connectivity index (χ1) is 10.8. The fraction of sp³-hybridized carbons (Fsp3) is 0.278. The summed E-state index contributed by atoms with van der Waals surface area (Å²) in [4.78, 5) is 4.29. The summed E-state index contributed by atoms with van der Waals surface area (Å²) in [5, 5.41) is 1.90. The second-order valence-corrected chi connectivity index (χ2v) is 6.11. The minimum absolute atomic E-state index is 0.125. The first-order valence-electron chi connectivity index (χ1n) is 7.65. The molecule has 1 aliphatic heterocycles. The van der Waals surface area contributed by atoms with Gasteiger partial charge < -0.3 is 9.30 Å². The zero-order chi connectivity index (χ0) is 14.9. The highest BCUT2D eigenvalue weighted by atomic mass is 35.5. The molecule has 4 heteroatoms. The number of pyridine rings is 1. The summed E-state index contributed by atoms with van der Waals surface area (Å²) in [5.41, 5.74) is 3.50. The van der Waals surface area contributed by atoms with E-state index in [9.17, 15) is 0 Å². The van der Waals surface area contributed by atoms with E-state index in [0.717, 1.165) is 35.4 Å². The summed E-state index contributed by atoms with van der Waals surface area (Å²) in [7, 11) is 0. The van der Waals surface area contributed by atoms with Gasteiger partial charge in [0.05, 0.1) is 5.52 Å². The molecule has 0 saturated carbocycles. The molecule has 1 atom stereocenters. The fourth-order valence-electron chi connectivity index (χ4n) is 3.14. The number of ether oxygens (including phenoxy) is 1. The average molecular weight is 313 g/mol. The van der Waals surface area contributed by atoms with Crippen molar-refractivity contribution >= 4 is 22.5 Å². The van der Waals surface area contributed by atoms with Gasteiger partial charge in [-0.3, -0.25) is 4.98 Å².